The van der Waals surface area contributed by atoms with Gasteiger partial charge in [0.05, 0.1) is 11.9 Å². The molecule has 0 atom stereocenters. The molecule has 0 saturated carbocycles. The fourth-order valence-electron chi connectivity index (χ4n) is 1.79. The van der Waals surface area contributed by atoms with E-state index >= 15 is 0 Å². The fraction of sp³-hybridized carbons (Fsp3) is 0.455. The van der Waals surface area contributed by atoms with E-state index in [0.717, 1.165) is 18.0 Å². The summed E-state index contributed by atoms with van der Waals surface area (Å²) in [4.78, 5) is 0. The second-order valence-electron chi connectivity index (χ2n) is 3.82. The Morgan fingerprint density at radius 3 is 2.88 bits per heavy atom. The molecule has 0 aliphatic rings. The van der Waals surface area contributed by atoms with Crippen LogP contribution in [-0.2, 0) is 13.1 Å². The third-order valence-electron chi connectivity index (χ3n) is 2.68. The lowest BCUT2D eigenvalue weighted by molar-refractivity contribution is 0.370. The summed E-state index contributed by atoms with van der Waals surface area (Å²) >= 11 is 0. The molecule has 0 aliphatic heterocycles. The van der Waals surface area contributed by atoms with E-state index in [1.165, 1.54) is 11.3 Å². The highest BCUT2D eigenvalue weighted by atomic mass is 16.5. The minimum atomic E-state index is 0.635. The van der Waals surface area contributed by atoms with Crippen LogP contribution >= 0.6 is 0 Å². The van der Waals surface area contributed by atoms with Crippen molar-refractivity contribution in [3.05, 3.63) is 35.0 Å². The topological polar surface area (TPSA) is 55.9 Å². The molecule has 0 spiro atoms. The first-order valence-electron chi connectivity index (χ1n) is 5.29. The van der Waals surface area contributed by atoms with Crippen LogP contribution in [0.2, 0.25) is 0 Å². The minimum Gasteiger partial charge on any atom is -0.359 e. The van der Waals surface area contributed by atoms with E-state index in [4.69, 9.17) is 4.52 Å². The lowest BCUT2D eigenvalue weighted by Gasteiger charge is -2.02. The first-order valence-corrected chi connectivity index (χ1v) is 5.29. The Morgan fingerprint density at radius 1 is 1.44 bits per heavy atom. The Labute approximate surface area is 94.4 Å². The van der Waals surface area contributed by atoms with Gasteiger partial charge in [-0.15, -0.1) is 0 Å². The van der Waals surface area contributed by atoms with Crippen LogP contribution in [-0.4, -0.2) is 22.0 Å². The minimum absolute atomic E-state index is 0.635. The summed E-state index contributed by atoms with van der Waals surface area (Å²) in [6.45, 7) is 5.57. The maximum Gasteiger partial charge on any atom is 0.158 e. The molecule has 2 rings (SSSR count). The van der Waals surface area contributed by atoms with Crippen LogP contribution in [0.1, 0.15) is 22.7 Å². The number of aromatic nitrogens is 3. The van der Waals surface area contributed by atoms with Crippen LogP contribution in [0.5, 0.6) is 0 Å². The summed E-state index contributed by atoms with van der Waals surface area (Å²) in [6.07, 6.45) is 1.65. The van der Waals surface area contributed by atoms with Crippen LogP contribution in [0.3, 0.4) is 0 Å². The van der Waals surface area contributed by atoms with Crippen molar-refractivity contribution < 1.29 is 4.52 Å². The number of hydrogen-bond donors (Lipinski definition) is 1. The van der Waals surface area contributed by atoms with Crippen molar-refractivity contribution in [1.29, 1.82) is 0 Å². The van der Waals surface area contributed by atoms with E-state index in [-0.39, 0.29) is 0 Å². The van der Waals surface area contributed by atoms with Crippen LogP contribution in [0.4, 0.5) is 0 Å². The summed E-state index contributed by atoms with van der Waals surface area (Å²) < 4.78 is 7.02. The summed E-state index contributed by atoms with van der Waals surface area (Å²) in [6, 6.07) is 1.86. The Morgan fingerprint density at radius 2 is 2.25 bits per heavy atom. The molecular weight excluding hydrogens is 204 g/mol. The van der Waals surface area contributed by atoms with Gasteiger partial charge in [-0.1, -0.05) is 5.16 Å². The average molecular weight is 220 g/mol. The van der Waals surface area contributed by atoms with Gasteiger partial charge in [0.1, 0.15) is 6.54 Å². The molecule has 0 unspecified atom stereocenters. The van der Waals surface area contributed by atoms with Gasteiger partial charge in [0.15, 0.2) is 5.76 Å². The molecule has 2 aromatic rings. The zero-order valence-electron chi connectivity index (χ0n) is 9.82. The lowest BCUT2D eigenvalue weighted by atomic mass is 10.2. The maximum absolute atomic E-state index is 5.08. The van der Waals surface area contributed by atoms with Crippen molar-refractivity contribution in [1.82, 2.24) is 20.3 Å². The van der Waals surface area contributed by atoms with Crippen LogP contribution in [0.25, 0.3) is 0 Å². The number of nitrogens with one attached hydrogen (secondary N) is 1. The van der Waals surface area contributed by atoms with Crippen molar-refractivity contribution in [2.75, 3.05) is 7.05 Å². The monoisotopic (exact) mass is 220 g/mol. The van der Waals surface area contributed by atoms with Crippen LogP contribution in [0, 0.1) is 13.8 Å². The number of hydrogen-bond acceptors (Lipinski definition) is 4. The Kier molecular flexibility index (Phi) is 3.05. The van der Waals surface area contributed by atoms with Gasteiger partial charge in [-0.25, -0.2) is 0 Å². The van der Waals surface area contributed by atoms with E-state index < -0.39 is 0 Å². The molecule has 0 radical (unpaired) electrons. The number of nitrogens with zero attached hydrogens (tertiary/aromatic N) is 3. The number of aryl methyl sites for hydroxylation is 1. The molecule has 0 amide bonds. The molecule has 0 aliphatic carbocycles. The molecule has 2 heterocycles. The summed E-state index contributed by atoms with van der Waals surface area (Å²) in [5.74, 6) is 0.821. The van der Waals surface area contributed by atoms with Gasteiger partial charge in [0.25, 0.3) is 0 Å². The Hall–Kier alpha value is -1.62. The normalized spacial score (nSPS) is 10.9. The Bertz CT molecular complexity index is 459. The predicted octanol–water partition coefficient (Wildman–Crippen LogP) is 1.26. The third kappa shape index (κ3) is 1.99. The smallest absolute Gasteiger partial charge is 0.158 e. The summed E-state index contributed by atoms with van der Waals surface area (Å²) in [7, 11) is 1.94. The largest absolute Gasteiger partial charge is 0.359 e. The highest BCUT2D eigenvalue weighted by Crippen LogP contribution is 2.14. The predicted molar refractivity (Wildman–Crippen MR) is 60.1 cm³/mol. The highest BCUT2D eigenvalue weighted by molar-refractivity contribution is 5.24. The molecule has 5 nitrogen and oxygen atoms in total. The van der Waals surface area contributed by atoms with E-state index in [9.17, 15) is 0 Å². The van der Waals surface area contributed by atoms with Gasteiger partial charge >= 0.3 is 0 Å². The molecule has 16 heavy (non-hydrogen) atoms. The van der Waals surface area contributed by atoms with Crippen molar-refractivity contribution in [2.24, 2.45) is 0 Å². The van der Waals surface area contributed by atoms with E-state index in [1.54, 1.807) is 6.20 Å². The molecule has 5 heteroatoms. The van der Waals surface area contributed by atoms with Gasteiger partial charge < -0.3 is 9.84 Å². The number of rotatable bonds is 4. The fourth-order valence-corrected chi connectivity index (χ4v) is 1.79. The van der Waals surface area contributed by atoms with E-state index in [2.05, 4.69) is 22.5 Å². The second-order valence-corrected chi connectivity index (χ2v) is 3.82. The van der Waals surface area contributed by atoms with Crippen molar-refractivity contribution in [3.63, 3.8) is 0 Å². The SMILES string of the molecule is CNCc1c(C)nn(Cc2ccno2)c1C. The zero-order valence-corrected chi connectivity index (χ0v) is 9.82. The van der Waals surface area contributed by atoms with Gasteiger partial charge in [-0.2, -0.15) is 5.10 Å². The highest BCUT2D eigenvalue weighted by Gasteiger charge is 2.11. The standard InChI is InChI=1S/C11H16N4O/c1-8-11(6-12-3)9(2)15(14-8)7-10-4-5-13-16-10/h4-5,12H,6-7H2,1-3H3. The van der Waals surface area contributed by atoms with Crippen molar-refractivity contribution in [3.8, 4) is 0 Å². The molecule has 2 aromatic heterocycles. The second kappa shape index (κ2) is 4.49. The third-order valence-corrected chi connectivity index (χ3v) is 2.68. The van der Waals surface area contributed by atoms with E-state index in [1.807, 2.05) is 24.7 Å². The molecule has 1 N–H and O–H groups in total. The van der Waals surface area contributed by atoms with Crippen molar-refractivity contribution in [2.45, 2.75) is 26.9 Å². The van der Waals surface area contributed by atoms with Crippen LogP contribution < -0.4 is 5.32 Å². The average Bonchev–Trinajstić information content (AvgIpc) is 2.84. The summed E-state index contributed by atoms with van der Waals surface area (Å²) in [5, 5.41) is 11.3. The zero-order chi connectivity index (χ0) is 11.5. The quantitative estimate of drug-likeness (QED) is 0.842. The van der Waals surface area contributed by atoms with Gasteiger partial charge in [0, 0.05) is 23.9 Å². The van der Waals surface area contributed by atoms with Gasteiger partial charge in [-0.3, -0.25) is 4.68 Å². The molecule has 0 aromatic carbocycles. The van der Waals surface area contributed by atoms with E-state index in [0.29, 0.717) is 6.54 Å². The van der Waals surface area contributed by atoms with Gasteiger partial charge in [-0.05, 0) is 20.9 Å². The molecule has 0 saturated heterocycles. The molecule has 0 fully saturated rings. The van der Waals surface area contributed by atoms with Crippen LogP contribution in [0.15, 0.2) is 16.8 Å². The first kappa shape index (κ1) is 10.9. The Balaban J connectivity index is 2.25. The molecule has 0 bridgehead atoms. The summed E-state index contributed by atoms with van der Waals surface area (Å²) in [5.41, 5.74) is 3.48. The van der Waals surface area contributed by atoms with Crippen molar-refractivity contribution >= 4 is 0 Å². The van der Waals surface area contributed by atoms with Gasteiger partial charge in [0.2, 0.25) is 0 Å². The maximum atomic E-state index is 5.08. The molecular formula is C11H16N4O. The first-order chi connectivity index (χ1) is 7.72. The molecule has 86 valence electrons. The lowest BCUT2D eigenvalue weighted by Crippen LogP contribution is -2.08.